The van der Waals surface area contributed by atoms with Crippen molar-refractivity contribution < 1.29 is 0 Å². The molecule has 0 aliphatic carbocycles. The van der Waals surface area contributed by atoms with Gasteiger partial charge in [-0.1, -0.05) is 50.2 Å². The predicted octanol–water partition coefficient (Wildman–Crippen LogP) is 5.43. The molecule has 0 saturated carbocycles. The van der Waals surface area contributed by atoms with E-state index in [4.69, 9.17) is 0 Å². The molecule has 0 heterocycles. The number of benzene rings is 2. The van der Waals surface area contributed by atoms with Crippen LogP contribution in [0.1, 0.15) is 48.6 Å². The van der Waals surface area contributed by atoms with E-state index in [1.165, 1.54) is 27.9 Å². The van der Waals surface area contributed by atoms with Gasteiger partial charge in [-0.3, -0.25) is 0 Å². The zero-order valence-electron chi connectivity index (χ0n) is 13.0. The molecule has 0 aliphatic rings. The van der Waals surface area contributed by atoms with Crippen LogP contribution in [0, 0.1) is 13.8 Å². The van der Waals surface area contributed by atoms with Crippen molar-refractivity contribution in [1.29, 1.82) is 0 Å². The summed E-state index contributed by atoms with van der Waals surface area (Å²) in [5.41, 5.74) is 6.62. The number of rotatable bonds is 5. The first-order chi connectivity index (χ1) is 9.63. The fourth-order valence-corrected chi connectivity index (χ4v) is 2.49. The molecule has 1 unspecified atom stereocenters. The van der Waals surface area contributed by atoms with Gasteiger partial charge in [-0.25, -0.2) is 0 Å². The molecule has 0 aliphatic heterocycles. The van der Waals surface area contributed by atoms with Crippen LogP contribution in [0.5, 0.6) is 0 Å². The van der Waals surface area contributed by atoms with E-state index >= 15 is 0 Å². The van der Waals surface area contributed by atoms with Gasteiger partial charge in [0.25, 0.3) is 0 Å². The van der Waals surface area contributed by atoms with Crippen molar-refractivity contribution in [2.75, 3.05) is 5.32 Å². The maximum absolute atomic E-state index is 3.69. The lowest BCUT2D eigenvalue weighted by Gasteiger charge is -2.21. The second-order valence-corrected chi connectivity index (χ2v) is 5.52. The van der Waals surface area contributed by atoms with Crippen LogP contribution < -0.4 is 5.32 Å². The minimum absolute atomic E-state index is 0.376. The van der Waals surface area contributed by atoms with Crippen LogP contribution >= 0.6 is 0 Å². The zero-order valence-corrected chi connectivity index (χ0v) is 13.0. The molecule has 0 saturated heterocycles. The minimum Gasteiger partial charge on any atom is -0.378 e. The van der Waals surface area contributed by atoms with Crippen LogP contribution in [-0.4, -0.2) is 0 Å². The third-order valence-corrected chi connectivity index (χ3v) is 3.92. The molecule has 20 heavy (non-hydrogen) atoms. The minimum atomic E-state index is 0.376. The lowest BCUT2D eigenvalue weighted by molar-refractivity contribution is 0.747. The summed E-state index contributed by atoms with van der Waals surface area (Å²) in [6, 6.07) is 15.9. The van der Waals surface area contributed by atoms with Gasteiger partial charge < -0.3 is 5.32 Å². The summed E-state index contributed by atoms with van der Waals surface area (Å²) in [6.45, 7) is 8.73. The summed E-state index contributed by atoms with van der Waals surface area (Å²) in [4.78, 5) is 0. The molecule has 0 amide bonds. The summed E-state index contributed by atoms with van der Waals surface area (Å²) in [5.74, 6) is 0. The van der Waals surface area contributed by atoms with E-state index in [0.29, 0.717) is 6.04 Å². The van der Waals surface area contributed by atoms with Crippen molar-refractivity contribution in [2.24, 2.45) is 0 Å². The lowest BCUT2D eigenvalue weighted by atomic mass is 10.0. The molecule has 1 heteroatoms. The molecule has 0 radical (unpaired) electrons. The molecule has 1 nitrogen and oxygen atoms in total. The van der Waals surface area contributed by atoms with E-state index in [9.17, 15) is 0 Å². The highest BCUT2D eigenvalue weighted by Gasteiger charge is 2.10. The largest absolute Gasteiger partial charge is 0.378 e. The van der Waals surface area contributed by atoms with Gasteiger partial charge in [0.15, 0.2) is 0 Å². The first-order valence-electron chi connectivity index (χ1n) is 7.56. The van der Waals surface area contributed by atoms with E-state index in [1.54, 1.807) is 0 Å². The molecule has 0 bridgehead atoms. The van der Waals surface area contributed by atoms with Crippen molar-refractivity contribution in [3.63, 3.8) is 0 Å². The Balaban J connectivity index is 2.21. The normalized spacial score (nSPS) is 12.2. The van der Waals surface area contributed by atoms with Crippen molar-refractivity contribution in [3.05, 3.63) is 64.7 Å². The van der Waals surface area contributed by atoms with Gasteiger partial charge >= 0.3 is 0 Å². The average Bonchev–Trinajstić information content (AvgIpc) is 2.48. The smallest absolute Gasteiger partial charge is 0.0511 e. The molecular formula is C19H25N. The number of nitrogens with one attached hydrogen (secondary N) is 1. The predicted molar refractivity (Wildman–Crippen MR) is 88.4 cm³/mol. The molecule has 106 valence electrons. The van der Waals surface area contributed by atoms with Gasteiger partial charge in [0.2, 0.25) is 0 Å². The Hall–Kier alpha value is -1.76. The van der Waals surface area contributed by atoms with Crippen LogP contribution in [0.2, 0.25) is 0 Å². The van der Waals surface area contributed by atoms with Crippen LogP contribution in [-0.2, 0) is 6.42 Å². The molecule has 0 fully saturated rings. The molecule has 2 aromatic carbocycles. The van der Waals surface area contributed by atoms with Crippen molar-refractivity contribution in [2.45, 2.75) is 46.6 Å². The van der Waals surface area contributed by atoms with Gasteiger partial charge in [-0.15, -0.1) is 0 Å². The fraction of sp³-hybridized carbons (Fsp3) is 0.368. The Morgan fingerprint density at radius 1 is 0.950 bits per heavy atom. The van der Waals surface area contributed by atoms with Crippen molar-refractivity contribution >= 4 is 5.69 Å². The summed E-state index contributed by atoms with van der Waals surface area (Å²) < 4.78 is 0. The monoisotopic (exact) mass is 267 g/mol. The van der Waals surface area contributed by atoms with Crippen molar-refractivity contribution in [3.8, 4) is 0 Å². The number of anilines is 1. The first-order valence-corrected chi connectivity index (χ1v) is 7.56. The topological polar surface area (TPSA) is 12.0 Å². The van der Waals surface area contributed by atoms with Gasteiger partial charge in [-0.05, 0) is 55.0 Å². The molecule has 1 atom stereocenters. The van der Waals surface area contributed by atoms with Gasteiger partial charge in [0.1, 0.15) is 0 Å². The lowest BCUT2D eigenvalue weighted by Crippen LogP contribution is -2.10. The molecule has 2 aromatic rings. The zero-order chi connectivity index (χ0) is 14.5. The van der Waals surface area contributed by atoms with Gasteiger partial charge in [-0.2, -0.15) is 0 Å². The van der Waals surface area contributed by atoms with E-state index in [2.05, 4.69) is 75.5 Å². The Labute approximate surface area is 123 Å². The maximum atomic E-state index is 3.69. The average molecular weight is 267 g/mol. The number of hydrogen-bond donors (Lipinski definition) is 1. The summed E-state index contributed by atoms with van der Waals surface area (Å²) in [5, 5.41) is 3.69. The quantitative estimate of drug-likeness (QED) is 0.761. The molecular weight excluding hydrogens is 242 g/mol. The molecule has 0 aromatic heterocycles. The van der Waals surface area contributed by atoms with E-state index < -0.39 is 0 Å². The third-order valence-electron chi connectivity index (χ3n) is 3.92. The van der Waals surface area contributed by atoms with Crippen LogP contribution in [0.15, 0.2) is 42.5 Å². The number of aryl methyl sites for hydroxylation is 3. The van der Waals surface area contributed by atoms with Crippen LogP contribution in [0.3, 0.4) is 0 Å². The van der Waals surface area contributed by atoms with Crippen LogP contribution in [0.25, 0.3) is 0 Å². The Morgan fingerprint density at radius 3 is 2.25 bits per heavy atom. The highest BCUT2D eigenvalue weighted by atomic mass is 14.9. The fourth-order valence-electron chi connectivity index (χ4n) is 2.49. The summed E-state index contributed by atoms with van der Waals surface area (Å²) in [6.07, 6.45) is 2.18. The number of hydrogen-bond acceptors (Lipinski definition) is 1. The van der Waals surface area contributed by atoms with Crippen LogP contribution in [0.4, 0.5) is 5.69 Å². The second kappa shape index (κ2) is 6.60. The summed E-state index contributed by atoms with van der Waals surface area (Å²) in [7, 11) is 0. The standard InChI is InChI=1S/C19H25N/c1-5-16-9-11-17(12-10-16)18(6-2)20-19-13-14(3)7-8-15(19)4/h7-13,18,20H,5-6H2,1-4H3. The molecule has 2 rings (SSSR count). The van der Waals surface area contributed by atoms with Crippen molar-refractivity contribution in [1.82, 2.24) is 0 Å². The highest BCUT2D eigenvalue weighted by Crippen LogP contribution is 2.25. The summed E-state index contributed by atoms with van der Waals surface area (Å²) >= 11 is 0. The Kier molecular flexibility index (Phi) is 4.84. The molecule has 0 spiro atoms. The third kappa shape index (κ3) is 3.41. The second-order valence-electron chi connectivity index (χ2n) is 5.52. The molecule has 1 N–H and O–H groups in total. The first kappa shape index (κ1) is 14.6. The van der Waals surface area contributed by atoms with E-state index in [0.717, 1.165) is 12.8 Å². The van der Waals surface area contributed by atoms with Gasteiger partial charge in [0.05, 0.1) is 6.04 Å². The van der Waals surface area contributed by atoms with Gasteiger partial charge in [0, 0.05) is 5.69 Å². The Bertz CT molecular complexity index is 554. The highest BCUT2D eigenvalue weighted by molar-refractivity contribution is 5.54. The van der Waals surface area contributed by atoms with E-state index in [-0.39, 0.29) is 0 Å². The maximum Gasteiger partial charge on any atom is 0.0511 e. The SMILES string of the molecule is CCc1ccc(C(CC)Nc2cc(C)ccc2C)cc1. The Morgan fingerprint density at radius 2 is 1.65 bits per heavy atom. The van der Waals surface area contributed by atoms with E-state index in [1.807, 2.05) is 0 Å².